The van der Waals surface area contributed by atoms with Crippen molar-refractivity contribution in [3.63, 3.8) is 0 Å². The minimum absolute atomic E-state index is 0.376. The van der Waals surface area contributed by atoms with E-state index in [2.05, 4.69) is 4.90 Å². The molecule has 0 amide bonds. The average molecular weight is 225 g/mol. The van der Waals surface area contributed by atoms with Crippen molar-refractivity contribution < 1.29 is 9.84 Å². The van der Waals surface area contributed by atoms with Gasteiger partial charge in [-0.25, -0.2) is 0 Å². The number of fused-ring (bicyclic) bond motifs is 1. The lowest BCUT2D eigenvalue weighted by Gasteiger charge is -2.34. The van der Waals surface area contributed by atoms with E-state index >= 15 is 0 Å². The molecule has 1 N–H and O–H groups in total. The Bertz CT molecular complexity index is 252. The van der Waals surface area contributed by atoms with E-state index in [1.807, 2.05) is 0 Å². The zero-order chi connectivity index (χ0) is 11.0. The van der Waals surface area contributed by atoms with Crippen LogP contribution in [0.1, 0.15) is 38.5 Å². The van der Waals surface area contributed by atoms with Crippen molar-refractivity contribution in [3.8, 4) is 0 Å². The number of nitrogens with zero attached hydrogens (tertiary/aromatic N) is 1. The van der Waals surface area contributed by atoms with E-state index in [0.29, 0.717) is 12.0 Å². The number of rotatable bonds is 2. The summed E-state index contributed by atoms with van der Waals surface area (Å²) in [7, 11) is 0. The lowest BCUT2D eigenvalue weighted by atomic mass is 9.81. The maximum absolute atomic E-state index is 10.8. The third-order valence-electron chi connectivity index (χ3n) is 4.80. The van der Waals surface area contributed by atoms with Crippen LogP contribution in [0, 0.1) is 5.92 Å². The summed E-state index contributed by atoms with van der Waals surface area (Å²) in [5.41, 5.74) is -0.376. The predicted octanol–water partition coefficient (Wildman–Crippen LogP) is 1.40. The summed E-state index contributed by atoms with van der Waals surface area (Å²) in [4.78, 5) is 2.50. The maximum atomic E-state index is 10.8. The van der Waals surface area contributed by atoms with Crippen LogP contribution in [0.15, 0.2) is 0 Å². The fraction of sp³-hybridized carbons (Fsp3) is 1.00. The van der Waals surface area contributed by atoms with Crippen LogP contribution in [0.5, 0.6) is 0 Å². The number of hydrogen-bond donors (Lipinski definition) is 1. The molecule has 2 unspecified atom stereocenters. The highest BCUT2D eigenvalue weighted by molar-refractivity contribution is 5.03. The molecule has 0 radical (unpaired) electrons. The van der Waals surface area contributed by atoms with Gasteiger partial charge in [0.25, 0.3) is 0 Å². The summed E-state index contributed by atoms with van der Waals surface area (Å²) >= 11 is 0. The van der Waals surface area contributed by atoms with Crippen LogP contribution in [-0.2, 0) is 4.74 Å². The van der Waals surface area contributed by atoms with Crippen LogP contribution >= 0.6 is 0 Å². The van der Waals surface area contributed by atoms with Crippen LogP contribution < -0.4 is 0 Å². The summed E-state index contributed by atoms with van der Waals surface area (Å²) < 4.78 is 5.39. The van der Waals surface area contributed by atoms with Crippen molar-refractivity contribution in [1.29, 1.82) is 0 Å². The highest BCUT2D eigenvalue weighted by atomic mass is 16.5. The average Bonchev–Trinajstić information content (AvgIpc) is 2.86. The van der Waals surface area contributed by atoms with E-state index in [4.69, 9.17) is 4.74 Å². The molecule has 0 aromatic rings. The molecule has 0 aromatic carbocycles. The Morgan fingerprint density at radius 2 is 2.00 bits per heavy atom. The topological polar surface area (TPSA) is 32.7 Å². The van der Waals surface area contributed by atoms with E-state index in [1.165, 1.54) is 19.4 Å². The van der Waals surface area contributed by atoms with Crippen LogP contribution in [0.25, 0.3) is 0 Å². The number of hydrogen-bond acceptors (Lipinski definition) is 3. The molecular weight excluding hydrogens is 202 g/mol. The zero-order valence-electron chi connectivity index (χ0n) is 10.0. The molecule has 0 saturated carbocycles. The minimum Gasteiger partial charge on any atom is -0.388 e. The monoisotopic (exact) mass is 225 g/mol. The van der Waals surface area contributed by atoms with Gasteiger partial charge in [-0.3, -0.25) is 4.90 Å². The normalized spacial score (nSPS) is 41.4. The second-order valence-corrected chi connectivity index (χ2v) is 5.81. The lowest BCUT2D eigenvalue weighted by molar-refractivity contribution is -0.0283. The Kier molecular flexibility index (Phi) is 2.94. The molecule has 3 heterocycles. The molecule has 2 atom stereocenters. The molecule has 3 heteroatoms. The molecule has 0 spiro atoms. The van der Waals surface area contributed by atoms with Crippen LogP contribution in [0.4, 0.5) is 0 Å². The molecule has 3 aliphatic heterocycles. The summed E-state index contributed by atoms with van der Waals surface area (Å²) in [5.74, 6) is 0.694. The van der Waals surface area contributed by atoms with Gasteiger partial charge in [0.05, 0.1) is 5.60 Å². The van der Waals surface area contributed by atoms with Gasteiger partial charge in [-0.05, 0) is 51.0 Å². The SMILES string of the molecule is OC1(CC2CCOCC2)CCN2CCCC21. The van der Waals surface area contributed by atoms with Crippen LogP contribution in [0.3, 0.4) is 0 Å². The number of ether oxygens (including phenoxy) is 1. The molecule has 3 saturated heterocycles. The van der Waals surface area contributed by atoms with E-state index in [-0.39, 0.29) is 5.60 Å². The van der Waals surface area contributed by atoms with Gasteiger partial charge < -0.3 is 9.84 Å². The molecule has 16 heavy (non-hydrogen) atoms. The largest absolute Gasteiger partial charge is 0.388 e. The molecule has 3 nitrogen and oxygen atoms in total. The summed E-state index contributed by atoms with van der Waals surface area (Å²) in [6.07, 6.45) is 6.79. The minimum atomic E-state index is -0.376. The Hall–Kier alpha value is -0.120. The molecule has 0 aliphatic carbocycles. The number of aliphatic hydroxyl groups is 1. The fourth-order valence-corrected chi connectivity index (χ4v) is 3.89. The lowest BCUT2D eigenvalue weighted by Crippen LogP contribution is -2.43. The van der Waals surface area contributed by atoms with Gasteiger partial charge in [0, 0.05) is 25.8 Å². The maximum Gasteiger partial charge on any atom is 0.0817 e. The van der Waals surface area contributed by atoms with E-state index in [0.717, 1.165) is 45.4 Å². The van der Waals surface area contributed by atoms with Crippen molar-refractivity contribution in [2.24, 2.45) is 5.92 Å². The van der Waals surface area contributed by atoms with Crippen molar-refractivity contribution in [2.45, 2.75) is 50.2 Å². The van der Waals surface area contributed by atoms with Crippen molar-refractivity contribution in [1.82, 2.24) is 4.90 Å². The zero-order valence-corrected chi connectivity index (χ0v) is 10.0. The van der Waals surface area contributed by atoms with Gasteiger partial charge in [0.2, 0.25) is 0 Å². The van der Waals surface area contributed by atoms with Gasteiger partial charge in [-0.1, -0.05) is 0 Å². The van der Waals surface area contributed by atoms with Gasteiger partial charge in [-0.15, -0.1) is 0 Å². The van der Waals surface area contributed by atoms with Crippen molar-refractivity contribution in [3.05, 3.63) is 0 Å². The molecule has 92 valence electrons. The van der Waals surface area contributed by atoms with Crippen molar-refractivity contribution in [2.75, 3.05) is 26.3 Å². The highest BCUT2D eigenvalue weighted by Gasteiger charge is 2.48. The smallest absolute Gasteiger partial charge is 0.0817 e. The molecule has 3 rings (SSSR count). The fourth-order valence-electron chi connectivity index (χ4n) is 3.89. The summed E-state index contributed by atoms with van der Waals surface area (Å²) in [6.45, 7) is 4.12. The highest BCUT2D eigenvalue weighted by Crippen LogP contribution is 2.41. The second kappa shape index (κ2) is 4.28. The van der Waals surface area contributed by atoms with E-state index in [1.54, 1.807) is 0 Å². The quantitative estimate of drug-likeness (QED) is 0.771. The van der Waals surface area contributed by atoms with E-state index < -0.39 is 0 Å². The summed E-state index contributed by atoms with van der Waals surface area (Å²) in [6, 6.07) is 0.468. The third-order valence-corrected chi connectivity index (χ3v) is 4.80. The molecule has 0 aromatic heterocycles. The first-order valence-electron chi connectivity index (χ1n) is 6.82. The van der Waals surface area contributed by atoms with Crippen LogP contribution in [-0.4, -0.2) is 48.0 Å². The Labute approximate surface area is 97.8 Å². The first kappa shape index (κ1) is 11.0. The van der Waals surface area contributed by atoms with Gasteiger partial charge >= 0.3 is 0 Å². The van der Waals surface area contributed by atoms with Gasteiger partial charge in [-0.2, -0.15) is 0 Å². The third kappa shape index (κ3) is 1.89. The van der Waals surface area contributed by atoms with Crippen LogP contribution in [0.2, 0.25) is 0 Å². The molecule has 3 aliphatic rings. The first-order chi connectivity index (χ1) is 7.78. The van der Waals surface area contributed by atoms with E-state index in [9.17, 15) is 5.11 Å². The molecular formula is C13H23NO2. The molecule has 0 bridgehead atoms. The van der Waals surface area contributed by atoms with Crippen molar-refractivity contribution >= 4 is 0 Å². The predicted molar refractivity (Wildman–Crippen MR) is 62.3 cm³/mol. The summed E-state index contributed by atoms with van der Waals surface area (Å²) in [5, 5.41) is 10.8. The first-order valence-corrected chi connectivity index (χ1v) is 6.82. The second-order valence-electron chi connectivity index (χ2n) is 5.81. The molecule has 3 fully saturated rings. The van der Waals surface area contributed by atoms with Gasteiger partial charge in [0.15, 0.2) is 0 Å². The standard InChI is InChI=1S/C13H23NO2/c15-13(10-11-3-8-16-9-4-11)5-7-14-6-1-2-12(13)14/h11-12,15H,1-10H2. The Balaban J connectivity index is 1.63. The Morgan fingerprint density at radius 1 is 1.19 bits per heavy atom. The Morgan fingerprint density at radius 3 is 2.81 bits per heavy atom. The van der Waals surface area contributed by atoms with Gasteiger partial charge in [0.1, 0.15) is 0 Å².